The van der Waals surface area contributed by atoms with E-state index in [2.05, 4.69) is 16.8 Å². The Labute approximate surface area is 144 Å². The molecule has 0 saturated heterocycles. The van der Waals surface area contributed by atoms with E-state index in [0.717, 1.165) is 50.6 Å². The highest BCUT2D eigenvalue weighted by molar-refractivity contribution is 5.87. The van der Waals surface area contributed by atoms with Gasteiger partial charge in [0.05, 0.1) is 11.9 Å². The largest absolute Gasteiger partial charge is 0.479 e. The number of rotatable bonds is 6. The van der Waals surface area contributed by atoms with E-state index >= 15 is 0 Å². The zero-order valence-electron chi connectivity index (χ0n) is 14.6. The van der Waals surface area contributed by atoms with Crippen molar-refractivity contribution in [1.82, 2.24) is 4.90 Å². The first-order valence-corrected chi connectivity index (χ1v) is 9.24. The molecule has 1 fully saturated rings. The Bertz CT molecular complexity index is 593. The van der Waals surface area contributed by atoms with Crippen LogP contribution in [-0.4, -0.2) is 39.9 Å². The van der Waals surface area contributed by atoms with Gasteiger partial charge in [0.15, 0.2) is 5.54 Å². The van der Waals surface area contributed by atoms with Crippen molar-refractivity contribution in [2.45, 2.75) is 69.4 Å². The highest BCUT2D eigenvalue weighted by Gasteiger charge is 2.62. The smallest absolute Gasteiger partial charge is 0.334 e. The molecule has 4 heteroatoms. The number of carboxylic acids is 1. The Morgan fingerprint density at radius 2 is 1.92 bits per heavy atom. The Morgan fingerprint density at radius 1 is 1.21 bits per heavy atom. The monoisotopic (exact) mass is 328 g/mol. The fourth-order valence-corrected chi connectivity index (χ4v) is 4.51. The standard InChI is InChI=1S/C20H28N2O2/c1-2-3-14-22-16-21-20(18(23)24,15-17-10-6-4-7-11-17)19(22)12-8-5-9-13-19/h4,6-7,10-11,16H,2-3,5,8-9,12-15H2,1H3,(H,23,24). The molecule has 1 atom stereocenters. The third kappa shape index (κ3) is 2.72. The summed E-state index contributed by atoms with van der Waals surface area (Å²) in [5, 5.41) is 10.2. The maximum Gasteiger partial charge on any atom is 0.334 e. The second-order valence-corrected chi connectivity index (χ2v) is 7.21. The van der Waals surface area contributed by atoms with E-state index in [0.29, 0.717) is 6.42 Å². The molecule has 24 heavy (non-hydrogen) atoms. The molecule has 1 heterocycles. The third-order valence-corrected chi connectivity index (χ3v) is 5.83. The molecule has 3 rings (SSSR count). The second kappa shape index (κ2) is 6.96. The van der Waals surface area contributed by atoms with Crippen molar-refractivity contribution in [3.8, 4) is 0 Å². The molecule has 1 spiro atoms. The summed E-state index contributed by atoms with van der Waals surface area (Å²) in [6.07, 6.45) is 9.75. The topological polar surface area (TPSA) is 52.9 Å². The Balaban J connectivity index is 1.99. The van der Waals surface area contributed by atoms with E-state index in [-0.39, 0.29) is 5.54 Å². The molecule has 1 unspecified atom stereocenters. The lowest BCUT2D eigenvalue weighted by atomic mass is 9.65. The van der Waals surface area contributed by atoms with Gasteiger partial charge < -0.3 is 10.0 Å². The summed E-state index contributed by atoms with van der Waals surface area (Å²) >= 11 is 0. The van der Waals surface area contributed by atoms with Gasteiger partial charge in [0.25, 0.3) is 0 Å². The average Bonchev–Trinajstić information content (AvgIpc) is 2.89. The molecule has 0 bridgehead atoms. The van der Waals surface area contributed by atoms with Crippen LogP contribution in [0.2, 0.25) is 0 Å². The highest BCUT2D eigenvalue weighted by Crippen LogP contribution is 2.48. The zero-order valence-corrected chi connectivity index (χ0v) is 14.6. The lowest BCUT2D eigenvalue weighted by Crippen LogP contribution is -2.64. The Hall–Kier alpha value is -1.84. The van der Waals surface area contributed by atoms with Gasteiger partial charge in [0.1, 0.15) is 0 Å². The summed E-state index contributed by atoms with van der Waals surface area (Å²) in [6.45, 7) is 3.08. The predicted molar refractivity (Wildman–Crippen MR) is 96.4 cm³/mol. The minimum atomic E-state index is -1.05. The van der Waals surface area contributed by atoms with E-state index in [4.69, 9.17) is 0 Å². The average molecular weight is 328 g/mol. The molecule has 2 aliphatic rings. The SMILES string of the molecule is CCCCN1C=NC(Cc2ccccc2)(C(=O)O)C12CCCCC2. The molecule has 0 amide bonds. The van der Waals surface area contributed by atoms with E-state index in [1.807, 2.05) is 36.7 Å². The summed E-state index contributed by atoms with van der Waals surface area (Å²) in [5.74, 6) is -0.775. The molecule has 1 aromatic carbocycles. The van der Waals surface area contributed by atoms with Crippen LogP contribution in [0, 0.1) is 0 Å². The molecular formula is C20H28N2O2. The number of carboxylic acid groups (broad SMARTS) is 1. The number of benzene rings is 1. The van der Waals surface area contributed by atoms with Crippen LogP contribution in [0.1, 0.15) is 57.4 Å². The molecule has 1 N–H and O–H groups in total. The minimum Gasteiger partial charge on any atom is -0.479 e. The van der Waals surface area contributed by atoms with Crippen molar-refractivity contribution >= 4 is 12.3 Å². The van der Waals surface area contributed by atoms with Crippen LogP contribution in [0.25, 0.3) is 0 Å². The number of hydrogen-bond donors (Lipinski definition) is 1. The molecule has 1 aromatic rings. The van der Waals surface area contributed by atoms with Gasteiger partial charge >= 0.3 is 5.97 Å². The van der Waals surface area contributed by atoms with Gasteiger partial charge in [-0.3, -0.25) is 4.99 Å². The first kappa shape index (κ1) is 17.0. The second-order valence-electron chi connectivity index (χ2n) is 7.21. The van der Waals surface area contributed by atoms with Gasteiger partial charge in [-0.25, -0.2) is 4.79 Å². The van der Waals surface area contributed by atoms with E-state index in [1.165, 1.54) is 6.42 Å². The number of carbonyl (C=O) groups is 1. The van der Waals surface area contributed by atoms with Crippen LogP contribution in [0.5, 0.6) is 0 Å². The molecular weight excluding hydrogens is 300 g/mol. The van der Waals surface area contributed by atoms with Crippen LogP contribution < -0.4 is 0 Å². The van der Waals surface area contributed by atoms with Gasteiger partial charge in [0, 0.05) is 13.0 Å². The Kier molecular flexibility index (Phi) is 4.93. The van der Waals surface area contributed by atoms with E-state index in [1.54, 1.807) is 0 Å². The number of hydrogen-bond acceptors (Lipinski definition) is 3. The van der Waals surface area contributed by atoms with Crippen LogP contribution in [0.15, 0.2) is 35.3 Å². The summed E-state index contributed by atoms with van der Waals surface area (Å²) in [4.78, 5) is 19.4. The summed E-state index contributed by atoms with van der Waals surface area (Å²) in [7, 11) is 0. The van der Waals surface area contributed by atoms with Crippen molar-refractivity contribution in [1.29, 1.82) is 0 Å². The molecule has 1 aliphatic heterocycles. The molecule has 1 saturated carbocycles. The zero-order chi connectivity index (χ0) is 17.0. The van der Waals surface area contributed by atoms with Crippen LogP contribution in [0.3, 0.4) is 0 Å². The maximum absolute atomic E-state index is 12.5. The van der Waals surface area contributed by atoms with Crippen LogP contribution >= 0.6 is 0 Å². The fourth-order valence-electron chi connectivity index (χ4n) is 4.51. The molecule has 1 aliphatic carbocycles. The predicted octanol–water partition coefficient (Wildman–Crippen LogP) is 3.90. The lowest BCUT2D eigenvalue weighted by molar-refractivity contribution is -0.149. The van der Waals surface area contributed by atoms with Crippen molar-refractivity contribution in [2.24, 2.45) is 4.99 Å². The normalized spacial score (nSPS) is 25.3. The van der Waals surface area contributed by atoms with Crippen molar-refractivity contribution in [3.05, 3.63) is 35.9 Å². The lowest BCUT2D eigenvalue weighted by Gasteiger charge is -2.49. The van der Waals surface area contributed by atoms with Crippen molar-refractivity contribution in [3.63, 3.8) is 0 Å². The van der Waals surface area contributed by atoms with Gasteiger partial charge in [-0.05, 0) is 24.8 Å². The van der Waals surface area contributed by atoms with Crippen LogP contribution in [-0.2, 0) is 11.2 Å². The first-order chi connectivity index (χ1) is 11.6. The number of aliphatic imine (C=N–C) groups is 1. The van der Waals surface area contributed by atoms with E-state index < -0.39 is 11.5 Å². The molecule has 130 valence electrons. The third-order valence-electron chi connectivity index (χ3n) is 5.83. The maximum atomic E-state index is 12.5. The summed E-state index contributed by atoms with van der Waals surface area (Å²) < 4.78 is 0. The van der Waals surface area contributed by atoms with Gasteiger partial charge in [-0.15, -0.1) is 0 Å². The van der Waals surface area contributed by atoms with Crippen molar-refractivity contribution < 1.29 is 9.90 Å². The number of unbranched alkanes of at least 4 members (excludes halogenated alkanes) is 1. The van der Waals surface area contributed by atoms with Gasteiger partial charge in [-0.2, -0.15) is 0 Å². The van der Waals surface area contributed by atoms with Gasteiger partial charge in [-0.1, -0.05) is 62.9 Å². The number of nitrogens with zero attached hydrogens (tertiary/aromatic N) is 2. The van der Waals surface area contributed by atoms with Gasteiger partial charge in [0.2, 0.25) is 0 Å². The first-order valence-electron chi connectivity index (χ1n) is 9.24. The summed E-state index contributed by atoms with van der Waals surface area (Å²) in [5.41, 5.74) is -0.357. The van der Waals surface area contributed by atoms with E-state index in [9.17, 15) is 9.90 Å². The summed E-state index contributed by atoms with van der Waals surface area (Å²) in [6, 6.07) is 9.97. The number of aliphatic carboxylic acids is 1. The molecule has 0 radical (unpaired) electrons. The fraction of sp³-hybridized carbons (Fsp3) is 0.600. The van der Waals surface area contributed by atoms with Crippen molar-refractivity contribution in [2.75, 3.05) is 6.54 Å². The highest BCUT2D eigenvalue weighted by atomic mass is 16.4. The molecule has 0 aromatic heterocycles. The molecule has 4 nitrogen and oxygen atoms in total. The minimum absolute atomic E-state index is 0.359. The Morgan fingerprint density at radius 3 is 2.54 bits per heavy atom. The van der Waals surface area contributed by atoms with Crippen LogP contribution in [0.4, 0.5) is 0 Å². The quantitative estimate of drug-likeness (QED) is 0.861.